The van der Waals surface area contributed by atoms with Crippen LogP contribution in [0.15, 0.2) is 23.1 Å². The van der Waals surface area contributed by atoms with Gasteiger partial charge in [0.1, 0.15) is 10.6 Å². The van der Waals surface area contributed by atoms with Crippen molar-refractivity contribution in [3.05, 3.63) is 23.8 Å². The van der Waals surface area contributed by atoms with Crippen LogP contribution in [0.2, 0.25) is 0 Å². The Morgan fingerprint density at radius 3 is 2.65 bits per heavy atom. The summed E-state index contributed by atoms with van der Waals surface area (Å²) in [7, 11) is -2.02. The molecule has 1 saturated heterocycles. The molecule has 2 rings (SSSR count). The maximum atomic E-state index is 12.3. The Morgan fingerprint density at radius 1 is 1.30 bits per heavy atom. The number of sulfonamides is 1. The predicted octanol–water partition coefficient (Wildman–Crippen LogP) is -0.0394. The molecule has 0 aromatic heterocycles. The lowest BCUT2D eigenvalue weighted by Crippen LogP contribution is -3.10. The van der Waals surface area contributed by atoms with Gasteiger partial charge in [0.15, 0.2) is 0 Å². The van der Waals surface area contributed by atoms with Crippen molar-refractivity contribution in [1.82, 2.24) is 4.72 Å². The third kappa shape index (κ3) is 3.71. The summed E-state index contributed by atoms with van der Waals surface area (Å²) in [4.78, 5) is 1.69. The number of nitrogens with one attached hydrogen (secondary N) is 2. The van der Waals surface area contributed by atoms with Crippen LogP contribution in [0.1, 0.15) is 18.4 Å². The summed E-state index contributed by atoms with van der Waals surface area (Å²) in [5.41, 5.74) is 0.899. The molecule has 0 unspecified atom stereocenters. The van der Waals surface area contributed by atoms with Crippen LogP contribution in [0.3, 0.4) is 0 Å². The molecule has 0 spiro atoms. The number of aryl methyl sites for hydroxylation is 1. The Balaban J connectivity index is 2.03. The highest BCUT2D eigenvalue weighted by Crippen LogP contribution is 2.24. The van der Waals surface area contributed by atoms with Crippen LogP contribution in [-0.2, 0) is 10.0 Å². The number of rotatable bonds is 6. The largest absolute Gasteiger partial charge is 0.495 e. The van der Waals surface area contributed by atoms with E-state index >= 15 is 0 Å². The zero-order valence-corrected chi connectivity index (χ0v) is 12.9. The minimum absolute atomic E-state index is 0.219. The average molecular weight is 299 g/mol. The molecule has 1 aromatic rings. The minimum atomic E-state index is -3.51. The quantitative estimate of drug-likeness (QED) is 0.775. The second-order valence-electron chi connectivity index (χ2n) is 5.26. The third-order valence-electron chi connectivity index (χ3n) is 3.69. The average Bonchev–Trinajstić information content (AvgIpc) is 2.91. The molecular weight excluding hydrogens is 276 g/mol. The summed E-state index contributed by atoms with van der Waals surface area (Å²) in [5, 5.41) is 0. The standard InChI is InChI=1S/C14H22N2O3S/c1-12-5-6-13(19-2)14(11-12)20(17,18)15-7-10-16-8-3-4-9-16/h5-6,11,15H,3-4,7-10H2,1-2H3/p+1. The maximum absolute atomic E-state index is 12.3. The van der Waals surface area contributed by atoms with Crippen LogP contribution >= 0.6 is 0 Å². The summed E-state index contributed by atoms with van der Waals surface area (Å²) < 4.78 is 32.5. The Morgan fingerprint density at radius 2 is 2.00 bits per heavy atom. The fraction of sp³-hybridized carbons (Fsp3) is 0.571. The summed E-state index contributed by atoms with van der Waals surface area (Å²) in [5.74, 6) is 0.386. The van der Waals surface area contributed by atoms with Crippen LogP contribution in [-0.4, -0.2) is 41.7 Å². The highest BCUT2D eigenvalue weighted by molar-refractivity contribution is 7.89. The molecule has 1 aliphatic rings. The van der Waals surface area contributed by atoms with Crippen molar-refractivity contribution < 1.29 is 18.1 Å². The molecule has 1 fully saturated rings. The van der Waals surface area contributed by atoms with Gasteiger partial charge in [-0.15, -0.1) is 0 Å². The van der Waals surface area contributed by atoms with Crippen molar-refractivity contribution in [3.63, 3.8) is 0 Å². The number of benzene rings is 1. The fourth-order valence-corrected chi connectivity index (χ4v) is 3.84. The van der Waals surface area contributed by atoms with Gasteiger partial charge in [0.2, 0.25) is 10.0 Å². The lowest BCUT2D eigenvalue weighted by Gasteiger charge is -2.14. The smallest absolute Gasteiger partial charge is 0.244 e. The van der Waals surface area contributed by atoms with E-state index in [4.69, 9.17) is 4.74 Å². The van der Waals surface area contributed by atoms with Gasteiger partial charge in [-0.25, -0.2) is 13.1 Å². The predicted molar refractivity (Wildman–Crippen MR) is 77.7 cm³/mol. The fourth-order valence-electron chi connectivity index (χ4n) is 2.56. The van der Waals surface area contributed by atoms with Gasteiger partial charge >= 0.3 is 0 Å². The lowest BCUT2D eigenvalue weighted by atomic mass is 10.2. The third-order valence-corrected chi connectivity index (χ3v) is 5.17. The van der Waals surface area contributed by atoms with Gasteiger partial charge in [0, 0.05) is 12.8 Å². The van der Waals surface area contributed by atoms with Gasteiger partial charge in [-0.05, 0) is 24.6 Å². The van der Waals surface area contributed by atoms with Gasteiger partial charge in [-0.2, -0.15) is 0 Å². The van der Waals surface area contributed by atoms with Crippen LogP contribution < -0.4 is 14.4 Å². The molecule has 0 bridgehead atoms. The molecule has 1 aliphatic heterocycles. The molecule has 0 aliphatic carbocycles. The van der Waals surface area contributed by atoms with Crippen LogP contribution in [0.5, 0.6) is 5.75 Å². The molecule has 1 aromatic carbocycles. The molecule has 112 valence electrons. The lowest BCUT2D eigenvalue weighted by molar-refractivity contribution is -0.886. The second kappa shape index (κ2) is 6.56. The van der Waals surface area contributed by atoms with E-state index in [0.717, 1.165) is 25.2 Å². The second-order valence-corrected chi connectivity index (χ2v) is 6.99. The highest BCUT2D eigenvalue weighted by atomic mass is 32.2. The number of methoxy groups -OCH3 is 1. The van der Waals surface area contributed by atoms with E-state index in [1.165, 1.54) is 24.9 Å². The molecule has 6 heteroatoms. The molecule has 0 atom stereocenters. The first-order valence-corrected chi connectivity index (χ1v) is 8.49. The first-order chi connectivity index (χ1) is 9.53. The van der Waals surface area contributed by atoms with Crippen molar-refractivity contribution in [3.8, 4) is 5.75 Å². The van der Waals surface area contributed by atoms with Gasteiger partial charge in [-0.3, -0.25) is 0 Å². The summed E-state index contributed by atoms with van der Waals surface area (Å²) >= 11 is 0. The van der Waals surface area contributed by atoms with Crippen molar-refractivity contribution in [2.75, 3.05) is 33.3 Å². The van der Waals surface area contributed by atoms with Crippen LogP contribution in [0.4, 0.5) is 0 Å². The van der Waals surface area contributed by atoms with Crippen molar-refractivity contribution in [2.24, 2.45) is 0 Å². The molecule has 1 heterocycles. The topological polar surface area (TPSA) is 59.8 Å². The van der Waals surface area contributed by atoms with E-state index in [9.17, 15) is 8.42 Å². The molecule has 0 saturated carbocycles. The Bertz CT molecular complexity index is 552. The molecule has 5 nitrogen and oxygen atoms in total. The number of quaternary nitrogens is 1. The zero-order valence-electron chi connectivity index (χ0n) is 12.1. The zero-order chi connectivity index (χ0) is 14.6. The monoisotopic (exact) mass is 299 g/mol. The van der Waals surface area contributed by atoms with Gasteiger partial charge < -0.3 is 9.64 Å². The normalized spacial score (nSPS) is 16.5. The van der Waals surface area contributed by atoms with E-state index in [1.807, 2.05) is 13.0 Å². The Kier molecular flexibility index (Phi) is 5.01. The van der Waals surface area contributed by atoms with Crippen molar-refractivity contribution in [2.45, 2.75) is 24.7 Å². The first kappa shape index (κ1) is 15.3. The Hall–Kier alpha value is -1.11. The van der Waals surface area contributed by atoms with E-state index in [-0.39, 0.29) is 4.90 Å². The summed E-state index contributed by atoms with van der Waals surface area (Å²) in [6, 6.07) is 5.17. The van der Waals surface area contributed by atoms with E-state index < -0.39 is 10.0 Å². The van der Waals surface area contributed by atoms with Crippen molar-refractivity contribution >= 4 is 10.0 Å². The number of hydrogen-bond donors (Lipinski definition) is 2. The molecule has 2 N–H and O–H groups in total. The highest BCUT2D eigenvalue weighted by Gasteiger charge is 2.21. The number of ether oxygens (including phenoxy) is 1. The number of hydrogen-bond acceptors (Lipinski definition) is 3. The summed E-state index contributed by atoms with van der Waals surface area (Å²) in [6.07, 6.45) is 2.49. The van der Waals surface area contributed by atoms with E-state index in [1.54, 1.807) is 12.1 Å². The molecule has 20 heavy (non-hydrogen) atoms. The van der Waals surface area contributed by atoms with Gasteiger partial charge in [0.25, 0.3) is 0 Å². The summed E-state index contributed by atoms with van der Waals surface area (Å²) in [6.45, 7) is 5.47. The molecular formula is C14H23N2O3S+. The maximum Gasteiger partial charge on any atom is 0.244 e. The van der Waals surface area contributed by atoms with Gasteiger partial charge in [0.05, 0.1) is 33.3 Å². The van der Waals surface area contributed by atoms with Crippen molar-refractivity contribution in [1.29, 1.82) is 0 Å². The van der Waals surface area contributed by atoms with E-state index in [0.29, 0.717) is 12.3 Å². The molecule has 0 radical (unpaired) electrons. The van der Waals surface area contributed by atoms with Crippen LogP contribution in [0.25, 0.3) is 0 Å². The minimum Gasteiger partial charge on any atom is -0.495 e. The Labute approximate surface area is 121 Å². The van der Waals surface area contributed by atoms with Gasteiger partial charge in [-0.1, -0.05) is 6.07 Å². The van der Waals surface area contributed by atoms with E-state index in [2.05, 4.69) is 4.72 Å². The number of likely N-dealkylation sites (tertiary alicyclic amines) is 1. The SMILES string of the molecule is COc1ccc(C)cc1S(=O)(=O)NCC[NH+]1CCCC1. The molecule has 0 amide bonds. The van der Waals surface area contributed by atoms with Crippen LogP contribution in [0, 0.1) is 6.92 Å². The first-order valence-electron chi connectivity index (χ1n) is 7.01.